The molecule has 0 atom stereocenters. The number of nitrogens with zero attached hydrogens (tertiary/aromatic N) is 2. The van der Waals surface area contributed by atoms with Crippen molar-refractivity contribution in [1.29, 1.82) is 0 Å². The van der Waals surface area contributed by atoms with E-state index in [1.54, 1.807) is 6.08 Å². The van der Waals surface area contributed by atoms with Crippen LogP contribution in [0.1, 0.15) is 25.0 Å². The van der Waals surface area contributed by atoms with E-state index in [1.165, 1.54) is 0 Å². The fourth-order valence-electron chi connectivity index (χ4n) is 3.30. The number of hydrogen-bond acceptors (Lipinski definition) is 4. The lowest BCUT2D eigenvalue weighted by Crippen LogP contribution is -2.40. The number of carbonyl (C=O) groups is 1. The van der Waals surface area contributed by atoms with Crippen LogP contribution in [0.3, 0.4) is 0 Å². The Morgan fingerprint density at radius 1 is 1.13 bits per heavy atom. The SMILES string of the molecule is CCN(CC)c1ccc2cc(/C=C/c3cc[n+](CCNC(=O)CI)cc3)c(=O)oc2c1. The minimum Gasteiger partial charge on any atom is -0.422 e. The third kappa shape index (κ3) is 6.16. The highest BCUT2D eigenvalue weighted by Crippen LogP contribution is 2.22. The quantitative estimate of drug-likeness (QED) is 0.198. The molecule has 1 amide bonds. The number of amides is 1. The van der Waals surface area contributed by atoms with Crippen molar-refractivity contribution >= 4 is 57.3 Å². The first-order valence-corrected chi connectivity index (χ1v) is 11.9. The van der Waals surface area contributed by atoms with Crippen LogP contribution in [0.25, 0.3) is 23.1 Å². The zero-order valence-corrected chi connectivity index (χ0v) is 20.0. The number of anilines is 1. The van der Waals surface area contributed by atoms with Crippen molar-refractivity contribution in [3.63, 3.8) is 0 Å². The lowest BCUT2D eigenvalue weighted by Gasteiger charge is -2.20. The largest absolute Gasteiger partial charge is 0.422 e. The number of pyridine rings is 1. The molecule has 3 rings (SSSR count). The van der Waals surface area contributed by atoms with Gasteiger partial charge in [-0.05, 0) is 43.7 Å². The third-order valence-electron chi connectivity index (χ3n) is 5.06. The van der Waals surface area contributed by atoms with Crippen molar-refractivity contribution in [3.05, 3.63) is 70.3 Å². The van der Waals surface area contributed by atoms with Crippen molar-refractivity contribution in [3.8, 4) is 0 Å². The molecule has 0 unspecified atom stereocenters. The van der Waals surface area contributed by atoms with Crippen molar-refractivity contribution in [2.45, 2.75) is 20.4 Å². The first kappa shape index (κ1) is 23.0. The molecule has 0 saturated heterocycles. The fourth-order valence-corrected chi connectivity index (χ4v) is 3.57. The maximum absolute atomic E-state index is 12.5. The second-order valence-corrected chi connectivity index (χ2v) is 7.83. The van der Waals surface area contributed by atoms with Gasteiger partial charge in [0.1, 0.15) is 5.58 Å². The Bertz CT molecular complexity index is 1120. The zero-order valence-electron chi connectivity index (χ0n) is 17.8. The number of benzene rings is 1. The van der Waals surface area contributed by atoms with Gasteiger partial charge in [0.2, 0.25) is 5.91 Å². The molecule has 0 radical (unpaired) electrons. The zero-order chi connectivity index (χ0) is 22.2. The number of nitrogens with one attached hydrogen (secondary N) is 1. The molecule has 2 heterocycles. The molecule has 162 valence electrons. The summed E-state index contributed by atoms with van der Waals surface area (Å²) in [6, 6.07) is 11.8. The molecule has 0 aliphatic carbocycles. The molecule has 2 aromatic heterocycles. The van der Waals surface area contributed by atoms with E-state index in [0.29, 0.717) is 28.7 Å². The van der Waals surface area contributed by atoms with Crippen LogP contribution in [0.5, 0.6) is 0 Å². The van der Waals surface area contributed by atoms with E-state index >= 15 is 0 Å². The summed E-state index contributed by atoms with van der Waals surface area (Å²) in [4.78, 5) is 26.0. The Hall–Kier alpha value is -2.68. The second kappa shape index (κ2) is 11.1. The van der Waals surface area contributed by atoms with Gasteiger partial charge >= 0.3 is 5.63 Å². The molecule has 0 aliphatic heterocycles. The molecule has 0 saturated carbocycles. The highest BCUT2D eigenvalue weighted by Gasteiger charge is 2.07. The average Bonchev–Trinajstić information content (AvgIpc) is 2.79. The molecule has 0 spiro atoms. The summed E-state index contributed by atoms with van der Waals surface area (Å²) in [6.45, 7) is 7.31. The van der Waals surface area contributed by atoms with Crippen molar-refractivity contribution in [2.75, 3.05) is 29.0 Å². The maximum Gasteiger partial charge on any atom is 0.343 e. The van der Waals surface area contributed by atoms with Crippen LogP contribution in [-0.4, -0.2) is 30.0 Å². The summed E-state index contributed by atoms with van der Waals surface area (Å²) in [6.07, 6.45) is 7.58. The lowest BCUT2D eigenvalue weighted by molar-refractivity contribution is -0.694. The van der Waals surface area contributed by atoms with Gasteiger partial charge in [0.15, 0.2) is 18.9 Å². The Morgan fingerprint density at radius 3 is 2.55 bits per heavy atom. The normalized spacial score (nSPS) is 11.2. The van der Waals surface area contributed by atoms with Crippen molar-refractivity contribution < 1.29 is 13.8 Å². The van der Waals surface area contributed by atoms with E-state index in [2.05, 4.69) is 30.1 Å². The number of rotatable bonds is 9. The summed E-state index contributed by atoms with van der Waals surface area (Å²) in [5.74, 6) is 0.0410. The van der Waals surface area contributed by atoms with Crippen molar-refractivity contribution in [2.24, 2.45) is 0 Å². The van der Waals surface area contributed by atoms with Gasteiger partial charge in [-0.3, -0.25) is 4.79 Å². The summed E-state index contributed by atoms with van der Waals surface area (Å²) < 4.78 is 8.05. The summed E-state index contributed by atoms with van der Waals surface area (Å²) in [5, 5.41) is 3.75. The van der Waals surface area contributed by atoms with Gasteiger partial charge in [-0.1, -0.05) is 28.7 Å². The van der Waals surface area contributed by atoms with E-state index in [4.69, 9.17) is 4.42 Å². The fraction of sp³-hybridized carbons (Fsp3) is 0.292. The van der Waals surface area contributed by atoms with Crippen LogP contribution in [0.15, 0.2) is 58.0 Å². The number of carbonyl (C=O) groups excluding carboxylic acids is 1. The van der Waals surface area contributed by atoms with Crippen LogP contribution < -0.4 is 20.4 Å². The van der Waals surface area contributed by atoms with E-state index in [-0.39, 0.29) is 11.5 Å². The van der Waals surface area contributed by atoms with E-state index in [9.17, 15) is 9.59 Å². The topological polar surface area (TPSA) is 66.4 Å². The Kier molecular flexibility index (Phi) is 8.22. The Morgan fingerprint density at radius 2 is 1.87 bits per heavy atom. The first-order valence-electron chi connectivity index (χ1n) is 10.4. The first-order chi connectivity index (χ1) is 15.0. The van der Waals surface area contributed by atoms with Gasteiger partial charge in [0, 0.05) is 42.4 Å². The second-order valence-electron chi connectivity index (χ2n) is 7.07. The predicted molar refractivity (Wildman–Crippen MR) is 134 cm³/mol. The van der Waals surface area contributed by atoms with E-state index in [1.807, 2.05) is 76.0 Å². The summed E-state index contributed by atoms with van der Waals surface area (Å²) >= 11 is 2.04. The molecule has 3 aromatic rings. The molecular weight excluding hydrogens is 505 g/mol. The van der Waals surface area contributed by atoms with Gasteiger partial charge in [-0.15, -0.1) is 0 Å². The third-order valence-corrected chi connectivity index (χ3v) is 5.75. The van der Waals surface area contributed by atoms with Gasteiger partial charge in [-0.25, -0.2) is 9.36 Å². The molecule has 1 aromatic carbocycles. The lowest BCUT2D eigenvalue weighted by atomic mass is 10.1. The summed E-state index contributed by atoms with van der Waals surface area (Å²) in [5.41, 5.74) is 2.79. The monoisotopic (exact) mass is 532 g/mol. The molecule has 6 nitrogen and oxygen atoms in total. The molecule has 0 aliphatic rings. The van der Waals surface area contributed by atoms with Gasteiger partial charge in [-0.2, -0.15) is 0 Å². The Labute approximate surface area is 195 Å². The van der Waals surface area contributed by atoms with E-state index in [0.717, 1.165) is 29.7 Å². The van der Waals surface area contributed by atoms with Gasteiger partial charge in [0.25, 0.3) is 0 Å². The van der Waals surface area contributed by atoms with Crippen LogP contribution >= 0.6 is 22.6 Å². The average molecular weight is 532 g/mol. The van der Waals surface area contributed by atoms with Crippen LogP contribution in [-0.2, 0) is 11.3 Å². The minimum absolute atomic E-state index is 0.0410. The predicted octanol–water partition coefficient (Wildman–Crippen LogP) is 3.65. The maximum atomic E-state index is 12.5. The van der Waals surface area contributed by atoms with Crippen LogP contribution in [0.2, 0.25) is 0 Å². The molecule has 0 bridgehead atoms. The van der Waals surface area contributed by atoms with E-state index < -0.39 is 0 Å². The number of alkyl halides is 1. The number of hydrogen-bond donors (Lipinski definition) is 1. The van der Waals surface area contributed by atoms with Gasteiger partial charge < -0.3 is 14.6 Å². The number of halogens is 1. The Balaban J connectivity index is 1.72. The molecule has 31 heavy (non-hydrogen) atoms. The highest BCUT2D eigenvalue weighted by molar-refractivity contribution is 14.1. The molecule has 1 N–H and O–H groups in total. The summed E-state index contributed by atoms with van der Waals surface area (Å²) in [7, 11) is 0. The van der Waals surface area contributed by atoms with Crippen LogP contribution in [0, 0.1) is 0 Å². The van der Waals surface area contributed by atoms with Crippen molar-refractivity contribution in [1.82, 2.24) is 5.32 Å². The number of aromatic nitrogens is 1. The minimum atomic E-state index is -0.350. The standard InChI is InChI=1S/C24H26IN3O3/c1-3-28(4-2)21-8-7-19-15-20(24(30)31-22(19)16-21)6-5-18-9-12-27(13-10-18)14-11-26-23(29)17-25/h5-10,12-13,15-16H,3-4,11,14,17H2,1-2H3/p+1. The molecule has 0 fully saturated rings. The molecular formula is C24H27IN3O3+. The van der Waals surface area contributed by atoms with Gasteiger partial charge in [0.05, 0.1) is 16.5 Å². The molecule has 7 heteroatoms. The highest BCUT2D eigenvalue weighted by atomic mass is 127. The van der Waals surface area contributed by atoms with Crippen LogP contribution in [0.4, 0.5) is 5.69 Å². The number of fused-ring (bicyclic) bond motifs is 1. The smallest absolute Gasteiger partial charge is 0.343 e.